The van der Waals surface area contributed by atoms with Gasteiger partial charge in [-0.25, -0.2) is 4.79 Å². The van der Waals surface area contributed by atoms with Crippen LogP contribution in [0.2, 0.25) is 0 Å². The highest BCUT2D eigenvalue weighted by atomic mass is 16.6. The summed E-state index contributed by atoms with van der Waals surface area (Å²) in [5, 5.41) is 9.04. The molecule has 4 heteroatoms. The molecule has 0 N–H and O–H groups in total. The van der Waals surface area contributed by atoms with Gasteiger partial charge in [-0.3, -0.25) is 4.90 Å². The molecule has 0 bridgehead atoms. The molecule has 1 heterocycles. The Hall–Kier alpha value is -2.02. The lowest BCUT2D eigenvalue weighted by Crippen LogP contribution is -2.45. The number of carbonyl (C=O) groups excluding carboxylic acids is 1. The van der Waals surface area contributed by atoms with Gasteiger partial charge in [-0.1, -0.05) is 19.1 Å². The summed E-state index contributed by atoms with van der Waals surface area (Å²) < 4.78 is 4.97. The molecule has 2 rings (SSSR count). The Balaban J connectivity index is 2.29. The van der Waals surface area contributed by atoms with Crippen LogP contribution in [0.25, 0.3) is 0 Å². The van der Waals surface area contributed by atoms with E-state index in [2.05, 4.69) is 13.0 Å². The largest absolute Gasteiger partial charge is 0.449 e. The number of nitrogens with zero attached hydrogens (tertiary/aromatic N) is 2. The standard InChI is InChI=1S/C13H14N2O2/c1-2-10-3-5-11(6-4-10)15-12(9-14)7-8-17-13(15)16/h3-6,12H,2,7-8H2,1H3. The van der Waals surface area contributed by atoms with Crippen molar-refractivity contribution in [1.82, 2.24) is 0 Å². The van der Waals surface area contributed by atoms with Crippen molar-refractivity contribution in [1.29, 1.82) is 5.26 Å². The summed E-state index contributed by atoms with van der Waals surface area (Å²) in [7, 11) is 0. The van der Waals surface area contributed by atoms with Gasteiger partial charge in [-0.15, -0.1) is 0 Å². The van der Waals surface area contributed by atoms with Gasteiger partial charge in [0.2, 0.25) is 0 Å². The number of hydrogen-bond acceptors (Lipinski definition) is 3. The Bertz CT molecular complexity index is 447. The van der Waals surface area contributed by atoms with Crippen molar-refractivity contribution in [2.45, 2.75) is 25.8 Å². The van der Waals surface area contributed by atoms with E-state index in [1.807, 2.05) is 24.3 Å². The predicted molar refractivity (Wildman–Crippen MR) is 63.7 cm³/mol. The van der Waals surface area contributed by atoms with E-state index in [0.717, 1.165) is 12.1 Å². The minimum atomic E-state index is -0.438. The summed E-state index contributed by atoms with van der Waals surface area (Å²) in [5.41, 5.74) is 1.92. The smallest absolute Gasteiger partial charge is 0.415 e. The summed E-state index contributed by atoms with van der Waals surface area (Å²) in [6.07, 6.45) is 1.07. The highest BCUT2D eigenvalue weighted by molar-refractivity contribution is 5.89. The van der Waals surface area contributed by atoms with Gasteiger partial charge in [0.05, 0.1) is 12.7 Å². The zero-order valence-corrected chi connectivity index (χ0v) is 9.72. The lowest BCUT2D eigenvalue weighted by molar-refractivity contribution is 0.134. The van der Waals surface area contributed by atoms with Gasteiger partial charge >= 0.3 is 6.09 Å². The Morgan fingerprint density at radius 2 is 2.18 bits per heavy atom. The lowest BCUT2D eigenvalue weighted by atomic mass is 10.1. The summed E-state index contributed by atoms with van der Waals surface area (Å²) >= 11 is 0. The SMILES string of the molecule is CCc1ccc(N2C(=O)OCCC2C#N)cc1. The molecule has 0 radical (unpaired) electrons. The molecule has 1 fully saturated rings. The van der Waals surface area contributed by atoms with Crippen molar-refractivity contribution in [3.63, 3.8) is 0 Å². The minimum absolute atomic E-state index is 0.320. The second-order valence-electron chi connectivity index (χ2n) is 3.94. The van der Waals surface area contributed by atoms with E-state index in [0.29, 0.717) is 13.0 Å². The van der Waals surface area contributed by atoms with E-state index >= 15 is 0 Å². The van der Waals surface area contributed by atoms with E-state index in [1.54, 1.807) is 0 Å². The van der Waals surface area contributed by atoms with Crippen LogP contribution in [0.3, 0.4) is 0 Å². The maximum atomic E-state index is 11.7. The molecule has 1 atom stereocenters. The van der Waals surface area contributed by atoms with Gasteiger partial charge in [0.1, 0.15) is 6.04 Å². The summed E-state index contributed by atoms with van der Waals surface area (Å²) in [4.78, 5) is 13.1. The molecule has 1 aliphatic rings. The average Bonchev–Trinajstić information content (AvgIpc) is 2.38. The Kier molecular flexibility index (Phi) is 3.29. The van der Waals surface area contributed by atoms with Crippen molar-refractivity contribution in [3.05, 3.63) is 29.8 Å². The van der Waals surface area contributed by atoms with Crippen LogP contribution in [-0.4, -0.2) is 18.7 Å². The molecule has 1 aromatic rings. The van der Waals surface area contributed by atoms with Gasteiger partial charge < -0.3 is 4.74 Å². The number of anilines is 1. The number of benzene rings is 1. The topological polar surface area (TPSA) is 53.3 Å². The van der Waals surface area contributed by atoms with Crippen molar-refractivity contribution in [2.24, 2.45) is 0 Å². The molecule has 88 valence electrons. The third-order valence-corrected chi connectivity index (χ3v) is 2.90. The second-order valence-corrected chi connectivity index (χ2v) is 3.94. The minimum Gasteiger partial charge on any atom is -0.449 e. The fraction of sp³-hybridized carbons (Fsp3) is 0.385. The molecular formula is C13H14N2O2. The highest BCUT2D eigenvalue weighted by Gasteiger charge is 2.30. The van der Waals surface area contributed by atoms with Crippen LogP contribution in [0.5, 0.6) is 0 Å². The molecular weight excluding hydrogens is 216 g/mol. The number of ether oxygens (including phenoxy) is 1. The van der Waals surface area contributed by atoms with Crippen LogP contribution in [0.4, 0.5) is 10.5 Å². The normalized spacial score (nSPS) is 19.6. The fourth-order valence-electron chi connectivity index (χ4n) is 1.88. The van der Waals surface area contributed by atoms with Gasteiger partial charge in [0.15, 0.2) is 0 Å². The van der Waals surface area contributed by atoms with Crippen molar-refractivity contribution >= 4 is 11.8 Å². The van der Waals surface area contributed by atoms with Gasteiger partial charge in [-0.05, 0) is 24.1 Å². The summed E-state index contributed by atoms with van der Waals surface area (Å²) in [5.74, 6) is 0. The molecule has 17 heavy (non-hydrogen) atoms. The first kappa shape index (κ1) is 11.5. The zero-order valence-electron chi connectivity index (χ0n) is 9.72. The Labute approximate surface area is 100 Å². The third-order valence-electron chi connectivity index (χ3n) is 2.90. The average molecular weight is 230 g/mol. The van der Waals surface area contributed by atoms with Crippen molar-refractivity contribution < 1.29 is 9.53 Å². The first-order valence-electron chi connectivity index (χ1n) is 5.70. The van der Waals surface area contributed by atoms with E-state index in [-0.39, 0.29) is 0 Å². The number of hydrogen-bond donors (Lipinski definition) is 0. The number of aryl methyl sites for hydroxylation is 1. The van der Waals surface area contributed by atoms with E-state index < -0.39 is 12.1 Å². The van der Waals surface area contributed by atoms with Gasteiger partial charge in [-0.2, -0.15) is 5.26 Å². The molecule has 4 nitrogen and oxygen atoms in total. The molecule has 0 aromatic heterocycles. The summed E-state index contributed by atoms with van der Waals surface area (Å²) in [6, 6.07) is 9.35. The first-order valence-corrected chi connectivity index (χ1v) is 5.70. The molecule has 0 aliphatic carbocycles. The molecule has 1 aromatic carbocycles. The number of rotatable bonds is 2. The maximum Gasteiger partial charge on any atom is 0.415 e. The van der Waals surface area contributed by atoms with E-state index in [9.17, 15) is 4.79 Å². The number of nitriles is 1. The van der Waals surface area contributed by atoms with Crippen LogP contribution in [-0.2, 0) is 11.2 Å². The van der Waals surface area contributed by atoms with Crippen LogP contribution in [0.1, 0.15) is 18.9 Å². The van der Waals surface area contributed by atoms with E-state index in [4.69, 9.17) is 10.00 Å². The van der Waals surface area contributed by atoms with Crippen LogP contribution < -0.4 is 4.90 Å². The molecule has 1 amide bonds. The molecule has 1 aliphatic heterocycles. The van der Waals surface area contributed by atoms with Crippen molar-refractivity contribution in [3.8, 4) is 6.07 Å². The second kappa shape index (κ2) is 4.88. The van der Waals surface area contributed by atoms with Crippen LogP contribution in [0, 0.1) is 11.3 Å². The van der Waals surface area contributed by atoms with Crippen LogP contribution in [0.15, 0.2) is 24.3 Å². The molecule has 1 saturated heterocycles. The van der Waals surface area contributed by atoms with Crippen molar-refractivity contribution in [2.75, 3.05) is 11.5 Å². The monoisotopic (exact) mass is 230 g/mol. The maximum absolute atomic E-state index is 11.7. The Morgan fingerprint density at radius 3 is 2.76 bits per heavy atom. The summed E-state index contributed by atoms with van der Waals surface area (Å²) in [6.45, 7) is 2.39. The predicted octanol–water partition coefficient (Wildman–Crippen LogP) is 2.49. The zero-order chi connectivity index (χ0) is 12.3. The Morgan fingerprint density at radius 1 is 1.47 bits per heavy atom. The number of cyclic esters (lactones) is 1. The third kappa shape index (κ3) is 2.23. The van der Waals surface area contributed by atoms with E-state index in [1.165, 1.54) is 10.5 Å². The first-order chi connectivity index (χ1) is 8.26. The molecule has 0 saturated carbocycles. The fourth-order valence-corrected chi connectivity index (χ4v) is 1.88. The molecule has 1 unspecified atom stereocenters. The van der Waals surface area contributed by atoms with Crippen LogP contribution >= 0.6 is 0 Å². The highest BCUT2D eigenvalue weighted by Crippen LogP contribution is 2.23. The van der Waals surface area contributed by atoms with Gasteiger partial charge in [0.25, 0.3) is 0 Å². The number of amides is 1. The molecule has 0 spiro atoms. The lowest BCUT2D eigenvalue weighted by Gasteiger charge is -2.30. The number of carbonyl (C=O) groups is 1. The quantitative estimate of drug-likeness (QED) is 0.784. The van der Waals surface area contributed by atoms with Gasteiger partial charge in [0, 0.05) is 12.1 Å².